The molecule has 0 atom stereocenters. The smallest absolute Gasteiger partial charge is 0.246 e. The lowest BCUT2D eigenvalue weighted by atomic mass is 10.3. The molecule has 10 heteroatoms. The molecule has 0 bridgehead atoms. The molecule has 1 fully saturated rings. The Morgan fingerprint density at radius 3 is 2.69 bits per heavy atom. The molecule has 0 unspecified atom stereocenters. The van der Waals surface area contributed by atoms with Gasteiger partial charge >= 0.3 is 0 Å². The van der Waals surface area contributed by atoms with Gasteiger partial charge in [0.2, 0.25) is 22.8 Å². The third-order valence-electron chi connectivity index (χ3n) is 3.91. The van der Waals surface area contributed by atoms with Crippen LogP contribution in [0, 0.1) is 0 Å². The van der Waals surface area contributed by atoms with E-state index in [2.05, 4.69) is 10.3 Å². The fourth-order valence-electron chi connectivity index (χ4n) is 2.66. The van der Waals surface area contributed by atoms with E-state index in [1.807, 2.05) is 29.8 Å². The lowest BCUT2D eigenvalue weighted by molar-refractivity contribution is -0.142. The van der Waals surface area contributed by atoms with Crippen LogP contribution in [0.3, 0.4) is 0 Å². The van der Waals surface area contributed by atoms with Gasteiger partial charge < -0.3 is 9.30 Å². The van der Waals surface area contributed by atoms with E-state index < -0.39 is 5.91 Å². The molecule has 1 aliphatic heterocycles. The zero-order valence-corrected chi connectivity index (χ0v) is 15.8. The predicted octanol–water partition coefficient (Wildman–Crippen LogP) is 0.699. The molecule has 1 aromatic carbocycles. The average molecular weight is 392 g/mol. The van der Waals surface area contributed by atoms with Crippen molar-refractivity contribution in [2.75, 3.05) is 13.7 Å². The summed E-state index contributed by atoms with van der Waals surface area (Å²) in [6.07, 6.45) is 0.279. The van der Waals surface area contributed by atoms with Crippen LogP contribution in [-0.2, 0) is 21.4 Å². The maximum absolute atomic E-state index is 12.0. The number of rotatable bonds is 3. The highest BCUT2D eigenvalue weighted by Gasteiger charge is 2.30. The zero-order chi connectivity index (χ0) is 18.8. The van der Waals surface area contributed by atoms with E-state index in [1.54, 1.807) is 7.11 Å². The molecule has 1 saturated heterocycles. The standard InChI is InChI=1S/C16H16N4O4S2/c1-19-14-9(24-2)4-3-5-10(14)26-16(19)18-15(25)17-11(21)8-20-12(22)6-7-13(20)23/h3-5H,6-8H2,1-2H3,(H,17,21,25)/b18-16+. The summed E-state index contributed by atoms with van der Waals surface area (Å²) in [5.74, 6) is -0.542. The van der Waals surface area contributed by atoms with E-state index in [1.165, 1.54) is 11.3 Å². The summed E-state index contributed by atoms with van der Waals surface area (Å²) in [5, 5.41) is 2.41. The number of aryl methyl sites for hydroxylation is 1. The molecule has 0 radical (unpaired) electrons. The van der Waals surface area contributed by atoms with E-state index in [0.29, 0.717) is 10.6 Å². The number of carbonyl (C=O) groups is 3. The van der Waals surface area contributed by atoms with Crippen molar-refractivity contribution in [3.63, 3.8) is 0 Å². The number of carbonyl (C=O) groups excluding carboxylic acids is 3. The molecule has 1 N–H and O–H groups in total. The number of hydrogen-bond acceptors (Lipinski definition) is 6. The number of ether oxygens (including phenoxy) is 1. The molecule has 2 heterocycles. The Labute approximate surface area is 158 Å². The van der Waals surface area contributed by atoms with Crippen LogP contribution in [0.5, 0.6) is 5.75 Å². The summed E-state index contributed by atoms with van der Waals surface area (Å²) in [7, 11) is 3.42. The van der Waals surface area contributed by atoms with Gasteiger partial charge in [0.1, 0.15) is 17.8 Å². The minimum atomic E-state index is -0.552. The third kappa shape index (κ3) is 3.51. The van der Waals surface area contributed by atoms with Crippen molar-refractivity contribution < 1.29 is 19.1 Å². The van der Waals surface area contributed by atoms with Gasteiger partial charge in [0.15, 0.2) is 4.80 Å². The Bertz CT molecular complexity index is 976. The molecule has 8 nitrogen and oxygen atoms in total. The van der Waals surface area contributed by atoms with Crippen molar-refractivity contribution in [2.24, 2.45) is 12.0 Å². The number of nitrogens with zero attached hydrogens (tertiary/aromatic N) is 3. The van der Waals surface area contributed by atoms with Gasteiger partial charge in [-0.15, -0.1) is 0 Å². The number of amides is 3. The van der Waals surface area contributed by atoms with Crippen LogP contribution in [0.2, 0.25) is 0 Å². The fraction of sp³-hybridized carbons (Fsp3) is 0.312. The number of hydrogen-bond donors (Lipinski definition) is 1. The fourth-order valence-corrected chi connectivity index (χ4v) is 3.96. The molecule has 3 rings (SSSR count). The van der Waals surface area contributed by atoms with Gasteiger partial charge in [-0.25, -0.2) is 0 Å². The quantitative estimate of drug-likeness (QED) is 0.613. The summed E-state index contributed by atoms with van der Waals surface area (Å²) in [5.41, 5.74) is 0.876. The van der Waals surface area contributed by atoms with Crippen molar-refractivity contribution in [3.05, 3.63) is 23.0 Å². The molecule has 3 amide bonds. The van der Waals surface area contributed by atoms with Crippen LogP contribution in [-0.4, -0.2) is 46.0 Å². The number of thiocarbonyl (C=S) groups is 1. The Balaban J connectivity index is 1.78. The minimum absolute atomic E-state index is 0.0322. The lowest BCUT2D eigenvalue weighted by Gasteiger charge is -2.12. The van der Waals surface area contributed by atoms with Gasteiger partial charge in [-0.3, -0.25) is 24.6 Å². The minimum Gasteiger partial charge on any atom is -0.495 e. The van der Waals surface area contributed by atoms with Crippen LogP contribution in [0.1, 0.15) is 12.8 Å². The Kier molecular flexibility index (Phi) is 5.14. The maximum Gasteiger partial charge on any atom is 0.246 e. The summed E-state index contributed by atoms with van der Waals surface area (Å²) >= 11 is 6.51. The third-order valence-corrected chi connectivity index (χ3v) is 5.20. The number of aromatic nitrogens is 1. The second kappa shape index (κ2) is 7.34. The summed E-state index contributed by atoms with van der Waals surface area (Å²) in [6, 6.07) is 5.67. The van der Waals surface area contributed by atoms with E-state index in [4.69, 9.17) is 17.0 Å². The normalized spacial score (nSPS) is 15.0. The molecule has 0 spiro atoms. The van der Waals surface area contributed by atoms with E-state index >= 15 is 0 Å². The van der Waals surface area contributed by atoms with Crippen LogP contribution in [0.25, 0.3) is 10.2 Å². The van der Waals surface area contributed by atoms with Crippen molar-refractivity contribution in [1.29, 1.82) is 0 Å². The molecule has 136 valence electrons. The van der Waals surface area contributed by atoms with E-state index in [0.717, 1.165) is 15.1 Å². The van der Waals surface area contributed by atoms with Crippen molar-refractivity contribution >= 4 is 56.6 Å². The second-order valence-electron chi connectivity index (χ2n) is 5.59. The molecule has 1 aliphatic rings. The van der Waals surface area contributed by atoms with Gasteiger partial charge in [0.05, 0.1) is 11.8 Å². The number of thiazole rings is 1. The molecular weight excluding hydrogens is 376 g/mol. The summed E-state index contributed by atoms with van der Waals surface area (Å²) in [6.45, 7) is -0.348. The molecule has 2 aromatic rings. The number of likely N-dealkylation sites (tertiary alicyclic amines) is 1. The first-order chi connectivity index (χ1) is 12.4. The first kappa shape index (κ1) is 18.2. The highest BCUT2D eigenvalue weighted by atomic mass is 32.1. The van der Waals surface area contributed by atoms with E-state index in [9.17, 15) is 14.4 Å². The highest BCUT2D eigenvalue weighted by molar-refractivity contribution is 7.80. The average Bonchev–Trinajstić information content (AvgIpc) is 3.08. The molecule has 26 heavy (non-hydrogen) atoms. The SMILES string of the molecule is COc1cccc2s/c(=N/C(=S)NC(=O)CN3C(=O)CCC3=O)n(C)c12. The largest absolute Gasteiger partial charge is 0.495 e. The molecule has 0 saturated carbocycles. The summed E-state index contributed by atoms with van der Waals surface area (Å²) in [4.78, 5) is 40.9. The predicted molar refractivity (Wildman–Crippen MR) is 99.6 cm³/mol. The first-order valence-corrected chi connectivity index (χ1v) is 8.97. The van der Waals surface area contributed by atoms with Gasteiger partial charge in [-0.05, 0) is 24.4 Å². The van der Waals surface area contributed by atoms with Gasteiger partial charge in [0, 0.05) is 19.9 Å². The summed E-state index contributed by atoms with van der Waals surface area (Å²) < 4.78 is 8.15. The van der Waals surface area contributed by atoms with Crippen LogP contribution in [0.15, 0.2) is 23.2 Å². The number of imide groups is 1. The number of nitrogens with one attached hydrogen (secondary N) is 1. The topological polar surface area (TPSA) is 93.0 Å². The van der Waals surface area contributed by atoms with Crippen molar-refractivity contribution in [3.8, 4) is 5.75 Å². The van der Waals surface area contributed by atoms with Crippen molar-refractivity contribution in [1.82, 2.24) is 14.8 Å². The maximum atomic E-state index is 12.0. The number of benzene rings is 1. The van der Waals surface area contributed by atoms with Crippen LogP contribution >= 0.6 is 23.6 Å². The van der Waals surface area contributed by atoms with Crippen molar-refractivity contribution in [2.45, 2.75) is 12.8 Å². The Morgan fingerprint density at radius 2 is 2.04 bits per heavy atom. The number of fused-ring (bicyclic) bond motifs is 1. The molecular formula is C16H16N4O4S2. The van der Waals surface area contributed by atoms with Gasteiger partial charge in [0.25, 0.3) is 0 Å². The zero-order valence-electron chi connectivity index (χ0n) is 14.1. The van der Waals surface area contributed by atoms with Crippen LogP contribution < -0.4 is 14.9 Å². The number of methoxy groups -OCH3 is 1. The monoisotopic (exact) mass is 392 g/mol. The van der Waals surface area contributed by atoms with Gasteiger partial charge in [-0.2, -0.15) is 4.99 Å². The first-order valence-electron chi connectivity index (χ1n) is 7.75. The van der Waals surface area contributed by atoms with Gasteiger partial charge in [-0.1, -0.05) is 17.4 Å². The Hall–Kier alpha value is -2.59. The Morgan fingerprint density at radius 1 is 1.35 bits per heavy atom. The van der Waals surface area contributed by atoms with E-state index in [-0.39, 0.29) is 36.3 Å². The highest BCUT2D eigenvalue weighted by Crippen LogP contribution is 2.26. The van der Waals surface area contributed by atoms with Crippen LogP contribution in [0.4, 0.5) is 0 Å². The molecule has 0 aliphatic carbocycles. The second-order valence-corrected chi connectivity index (χ2v) is 6.99. The molecule has 1 aromatic heterocycles. The lowest BCUT2D eigenvalue weighted by Crippen LogP contribution is -2.41. The number of para-hydroxylation sites is 1.